The first-order valence-electron chi connectivity index (χ1n) is 6.03. The Bertz CT molecular complexity index is 599. The zero-order chi connectivity index (χ0) is 15.8. The highest BCUT2D eigenvalue weighted by Crippen LogP contribution is 2.29. The van der Waals surface area contributed by atoms with Crippen LogP contribution in [0.4, 0.5) is 0 Å². The highest BCUT2D eigenvalue weighted by Gasteiger charge is 2.12. The molecule has 7 heteroatoms. The Labute approximate surface area is 99.6 Å². The molecule has 0 saturated heterocycles. The van der Waals surface area contributed by atoms with E-state index in [2.05, 4.69) is 4.18 Å². The molecule has 1 rings (SSSR count). The molecule has 6 nitrogen and oxygen atoms in total. The summed E-state index contributed by atoms with van der Waals surface area (Å²) in [5, 5.41) is 0. The van der Waals surface area contributed by atoms with E-state index in [4.69, 9.17) is 20.5 Å². The van der Waals surface area contributed by atoms with Gasteiger partial charge in [0.2, 0.25) is 0 Å². The molecule has 1 aromatic rings. The Morgan fingerprint density at radius 3 is 2.69 bits per heavy atom. The predicted molar refractivity (Wildman–Crippen MR) is 57.9 cm³/mol. The van der Waals surface area contributed by atoms with Gasteiger partial charge in [-0.1, -0.05) is 6.07 Å². The van der Waals surface area contributed by atoms with Gasteiger partial charge < -0.3 is 14.7 Å². The molecule has 0 unspecified atom stereocenters. The Kier molecular flexibility index (Phi) is 2.54. The van der Waals surface area contributed by atoms with Crippen LogP contribution in [-0.2, 0) is 16.8 Å². The molecule has 0 bridgehead atoms. The molecule has 0 aromatic heterocycles. The van der Waals surface area contributed by atoms with Crippen LogP contribution in [0.3, 0.4) is 0 Å². The summed E-state index contributed by atoms with van der Waals surface area (Å²) in [6.07, 6.45) is -2.54. The van der Waals surface area contributed by atoms with Crippen LogP contribution in [-0.4, -0.2) is 26.6 Å². The van der Waals surface area contributed by atoms with E-state index in [1.54, 1.807) is 0 Å². The van der Waals surface area contributed by atoms with Gasteiger partial charge in [0.25, 0.3) is 0 Å². The van der Waals surface area contributed by atoms with E-state index in [-0.39, 0.29) is 17.1 Å². The molecule has 0 amide bonds. The lowest BCUT2D eigenvalue weighted by Gasteiger charge is -2.09. The van der Waals surface area contributed by atoms with Crippen molar-refractivity contribution in [3.05, 3.63) is 23.8 Å². The van der Waals surface area contributed by atoms with Gasteiger partial charge in [-0.15, -0.1) is 0 Å². The van der Waals surface area contributed by atoms with Gasteiger partial charge in [0.05, 0.1) is 7.11 Å². The van der Waals surface area contributed by atoms with E-state index in [1.165, 1.54) is 7.11 Å². The smallest absolute Gasteiger partial charge is 0.446 e. The summed E-state index contributed by atoms with van der Waals surface area (Å²) in [5.41, 5.74) is 4.95. The standard InChI is InChI=1S/C9H13NO5S/c1-14-9-6-7(4-5-10)2-3-8(9)15-16(11,12)13/h2-3,6H,4-5,10H2,1H3,(H,11,12,13)/i4D2,5D2. The average Bonchev–Trinajstić information content (AvgIpc) is 2.25. The van der Waals surface area contributed by atoms with Gasteiger partial charge in [-0.2, -0.15) is 8.42 Å². The van der Waals surface area contributed by atoms with E-state index in [0.29, 0.717) is 0 Å². The summed E-state index contributed by atoms with van der Waals surface area (Å²) in [5.74, 6) is -0.569. The van der Waals surface area contributed by atoms with Gasteiger partial charge in [-0.25, -0.2) is 0 Å². The number of hydrogen-bond acceptors (Lipinski definition) is 5. The summed E-state index contributed by atoms with van der Waals surface area (Å²) >= 11 is 0. The van der Waals surface area contributed by atoms with Gasteiger partial charge in [0.15, 0.2) is 11.5 Å². The number of hydrogen-bond donors (Lipinski definition) is 2. The van der Waals surface area contributed by atoms with E-state index < -0.39 is 23.3 Å². The van der Waals surface area contributed by atoms with Gasteiger partial charge in [0, 0.05) is 5.48 Å². The van der Waals surface area contributed by atoms with Crippen molar-refractivity contribution in [3.8, 4) is 11.5 Å². The highest BCUT2D eigenvalue weighted by atomic mass is 32.3. The minimum atomic E-state index is -4.76. The average molecular weight is 251 g/mol. The fourth-order valence-corrected chi connectivity index (χ4v) is 1.38. The van der Waals surface area contributed by atoms with Crippen molar-refractivity contribution in [3.63, 3.8) is 0 Å². The Hall–Kier alpha value is -1.31. The summed E-state index contributed by atoms with van der Waals surface area (Å²) in [4.78, 5) is 0. The van der Waals surface area contributed by atoms with Crippen LogP contribution in [0, 0.1) is 0 Å². The fourth-order valence-electron chi connectivity index (χ4n) is 1.01. The first-order valence-corrected chi connectivity index (χ1v) is 5.39. The highest BCUT2D eigenvalue weighted by molar-refractivity contribution is 7.81. The van der Waals surface area contributed by atoms with Crippen molar-refractivity contribution in [1.29, 1.82) is 0 Å². The fraction of sp³-hybridized carbons (Fsp3) is 0.333. The molecule has 16 heavy (non-hydrogen) atoms. The van der Waals surface area contributed by atoms with Crippen molar-refractivity contribution in [2.45, 2.75) is 6.37 Å². The molecule has 0 spiro atoms. The van der Waals surface area contributed by atoms with Crippen LogP contribution in [0.15, 0.2) is 18.2 Å². The molecule has 0 heterocycles. The molecule has 0 saturated carbocycles. The molecule has 0 aliphatic rings. The Balaban J connectivity index is 3.30. The maximum absolute atomic E-state index is 10.6. The summed E-state index contributed by atoms with van der Waals surface area (Å²) in [7, 11) is -3.59. The Morgan fingerprint density at radius 2 is 2.19 bits per heavy atom. The quantitative estimate of drug-likeness (QED) is 0.734. The second-order valence-corrected chi connectivity index (χ2v) is 3.67. The first-order chi connectivity index (χ1) is 8.88. The second-order valence-electron chi connectivity index (χ2n) is 2.65. The molecule has 0 aliphatic carbocycles. The van der Waals surface area contributed by atoms with Crippen molar-refractivity contribution in [2.75, 3.05) is 13.6 Å². The molecule has 90 valence electrons. The number of ether oxygens (including phenoxy) is 1. The number of nitrogens with two attached hydrogens (primary N) is 1. The van der Waals surface area contributed by atoms with Crippen molar-refractivity contribution in [2.24, 2.45) is 5.73 Å². The SMILES string of the molecule is [2H]C([2H])(N)C([2H])([2H])c1ccc(OS(=O)(=O)O)c(OC)c1. The topological polar surface area (TPSA) is 98.9 Å². The number of rotatable bonds is 5. The monoisotopic (exact) mass is 251 g/mol. The van der Waals surface area contributed by atoms with Crippen molar-refractivity contribution in [1.82, 2.24) is 0 Å². The molecule has 3 N–H and O–H groups in total. The predicted octanol–water partition coefficient (Wildman–Crippen LogP) is 0.378. The van der Waals surface area contributed by atoms with Crippen LogP contribution >= 0.6 is 0 Å². The van der Waals surface area contributed by atoms with Crippen molar-refractivity contribution < 1.29 is 27.4 Å². The van der Waals surface area contributed by atoms with Gasteiger partial charge in [-0.3, -0.25) is 4.55 Å². The van der Waals surface area contributed by atoms with Gasteiger partial charge in [-0.05, 0) is 30.6 Å². The van der Waals surface area contributed by atoms with E-state index in [1.807, 2.05) is 0 Å². The number of aryl methyl sites for hydroxylation is 1. The normalized spacial score (nSPS) is 16.7. The number of methoxy groups -OCH3 is 1. The molecule has 0 aliphatic heterocycles. The lowest BCUT2D eigenvalue weighted by molar-refractivity contribution is 0.360. The lowest BCUT2D eigenvalue weighted by Crippen LogP contribution is -2.08. The minimum absolute atomic E-state index is 0.176. The third-order valence-corrected chi connectivity index (χ3v) is 1.97. The van der Waals surface area contributed by atoms with E-state index in [9.17, 15) is 8.42 Å². The molecular formula is C9H13NO5S. The third-order valence-electron chi connectivity index (χ3n) is 1.58. The summed E-state index contributed by atoms with van der Waals surface area (Å²) in [6.45, 7) is -2.66. The molecular weight excluding hydrogens is 234 g/mol. The first kappa shape index (κ1) is 7.88. The summed E-state index contributed by atoms with van der Waals surface area (Å²) in [6, 6.07) is 3.13. The lowest BCUT2D eigenvalue weighted by atomic mass is 10.1. The van der Waals surface area contributed by atoms with E-state index in [0.717, 1.165) is 18.2 Å². The molecule has 0 fully saturated rings. The maximum atomic E-state index is 10.6. The van der Waals surface area contributed by atoms with Crippen LogP contribution < -0.4 is 14.7 Å². The zero-order valence-electron chi connectivity index (χ0n) is 12.3. The van der Waals surface area contributed by atoms with Crippen LogP contribution in [0.5, 0.6) is 11.5 Å². The minimum Gasteiger partial charge on any atom is -0.493 e. The third kappa shape index (κ3) is 3.69. The van der Waals surface area contributed by atoms with Crippen LogP contribution in [0.2, 0.25) is 0 Å². The zero-order valence-corrected chi connectivity index (χ0v) is 9.11. The summed E-state index contributed by atoms with van der Waals surface area (Å²) < 4.78 is 68.7. The van der Waals surface area contributed by atoms with Crippen molar-refractivity contribution >= 4 is 10.4 Å². The van der Waals surface area contributed by atoms with Gasteiger partial charge in [0.1, 0.15) is 0 Å². The second kappa shape index (κ2) is 5.15. The van der Waals surface area contributed by atoms with Crippen LogP contribution in [0.25, 0.3) is 0 Å². The maximum Gasteiger partial charge on any atom is 0.446 e. The van der Waals surface area contributed by atoms with Gasteiger partial charge >= 0.3 is 10.4 Å². The Morgan fingerprint density at radius 1 is 1.50 bits per heavy atom. The molecule has 0 radical (unpaired) electrons. The largest absolute Gasteiger partial charge is 0.493 e. The molecule has 0 atom stereocenters. The van der Waals surface area contributed by atoms with E-state index >= 15 is 0 Å². The molecule has 1 aromatic carbocycles. The number of benzene rings is 1. The van der Waals surface area contributed by atoms with Crippen LogP contribution in [0.1, 0.15) is 11.0 Å².